The van der Waals surface area contributed by atoms with Crippen molar-refractivity contribution in [1.29, 1.82) is 0 Å². The first-order chi connectivity index (χ1) is 10.0. The molecule has 1 amide bonds. The van der Waals surface area contributed by atoms with Gasteiger partial charge in [-0.25, -0.2) is 9.78 Å². The molecule has 6 heteroatoms. The molecule has 0 saturated heterocycles. The van der Waals surface area contributed by atoms with Crippen LogP contribution in [0.5, 0.6) is 5.75 Å². The monoisotopic (exact) mass is 286 g/mol. The van der Waals surface area contributed by atoms with Gasteiger partial charge in [0.2, 0.25) is 5.60 Å². The third-order valence-corrected chi connectivity index (χ3v) is 3.79. The number of carbonyl (C=O) groups excluding carboxylic acids is 1. The van der Waals surface area contributed by atoms with Crippen LogP contribution in [-0.4, -0.2) is 27.6 Å². The van der Waals surface area contributed by atoms with Crippen LogP contribution in [0.3, 0.4) is 0 Å². The molecule has 3 rings (SSSR count). The fraction of sp³-hybridized carbons (Fsp3) is 0.267. The van der Waals surface area contributed by atoms with Crippen LogP contribution in [0.4, 0.5) is 0 Å². The van der Waals surface area contributed by atoms with E-state index in [9.17, 15) is 14.7 Å². The van der Waals surface area contributed by atoms with Crippen LogP contribution >= 0.6 is 0 Å². The minimum absolute atomic E-state index is 0.0589. The number of primary amides is 1. The van der Waals surface area contributed by atoms with E-state index in [-0.39, 0.29) is 5.69 Å². The van der Waals surface area contributed by atoms with E-state index in [1.165, 1.54) is 6.07 Å². The highest BCUT2D eigenvalue weighted by Crippen LogP contribution is 2.39. The third kappa shape index (κ3) is 2.18. The molecule has 0 unspecified atom stereocenters. The number of pyridine rings is 1. The summed E-state index contributed by atoms with van der Waals surface area (Å²) in [6.07, 6.45) is 1.70. The lowest BCUT2D eigenvalue weighted by atomic mass is 9.80. The zero-order valence-corrected chi connectivity index (χ0v) is 11.2. The highest BCUT2D eigenvalue weighted by molar-refractivity contribution is 5.96. The molecule has 1 fully saturated rings. The molecule has 0 radical (unpaired) electrons. The number of fused-ring (bicyclic) bond motifs is 1. The van der Waals surface area contributed by atoms with Crippen molar-refractivity contribution in [2.45, 2.75) is 24.9 Å². The van der Waals surface area contributed by atoms with Crippen molar-refractivity contribution in [3.05, 3.63) is 36.0 Å². The van der Waals surface area contributed by atoms with Gasteiger partial charge in [-0.3, -0.25) is 4.79 Å². The van der Waals surface area contributed by atoms with Gasteiger partial charge in [0.15, 0.2) is 0 Å². The Bertz CT molecular complexity index is 738. The summed E-state index contributed by atoms with van der Waals surface area (Å²) in [5.41, 5.74) is 4.67. The average Bonchev–Trinajstić information content (AvgIpc) is 2.41. The first-order valence-corrected chi connectivity index (χ1v) is 6.64. The summed E-state index contributed by atoms with van der Waals surface area (Å²) >= 11 is 0. The lowest BCUT2D eigenvalue weighted by Crippen LogP contribution is -2.50. The van der Waals surface area contributed by atoms with Gasteiger partial charge in [-0.2, -0.15) is 0 Å². The van der Waals surface area contributed by atoms with Gasteiger partial charge in [-0.1, -0.05) is 12.1 Å². The summed E-state index contributed by atoms with van der Waals surface area (Å²) in [5.74, 6) is -1.34. The second-order valence-corrected chi connectivity index (χ2v) is 5.14. The number of nitrogens with zero attached hydrogens (tertiary/aromatic N) is 1. The average molecular weight is 286 g/mol. The van der Waals surface area contributed by atoms with Gasteiger partial charge in [0.25, 0.3) is 5.91 Å². The van der Waals surface area contributed by atoms with E-state index in [2.05, 4.69) is 4.98 Å². The molecule has 0 bridgehead atoms. The number of aliphatic carboxylic acids is 1. The van der Waals surface area contributed by atoms with Gasteiger partial charge in [0, 0.05) is 11.5 Å². The number of aromatic nitrogens is 1. The first-order valence-electron chi connectivity index (χ1n) is 6.64. The standard InChI is InChI=1S/C15H14N2O4/c16-13(18)11-8-12(9-4-1-2-5-10(9)17-11)21-15(14(19)20)6-3-7-15/h1-2,4-5,8H,3,6-7H2,(H2,16,18)(H,19,20). The number of hydrogen-bond acceptors (Lipinski definition) is 4. The quantitative estimate of drug-likeness (QED) is 0.890. The summed E-state index contributed by atoms with van der Waals surface area (Å²) in [5, 5.41) is 10.0. The zero-order chi connectivity index (χ0) is 15.0. The van der Waals surface area contributed by atoms with Crippen LogP contribution in [0.2, 0.25) is 0 Å². The Morgan fingerprint density at radius 2 is 2.00 bits per heavy atom. The van der Waals surface area contributed by atoms with Crippen LogP contribution in [0.15, 0.2) is 30.3 Å². The number of rotatable bonds is 4. The molecule has 108 valence electrons. The number of hydrogen-bond donors (Lipinski definition) is 2. The molecular formula is C15H14N2O4. The van der Waals surface area contributed by atoms with Crippen molar-refractivity contribution < 1.29 is 19.4 Å². The maximum atomic E-state index is 11.4. The minimum atomic E-state index is -1.21. The zero-order valence-electron chi connectivity index (χ0n) is 11.2. The lowest BCUT2D eigenvalue weighted by Gasteiger charge is -2.37. The van der Waals surface area contributed by atoms with E-state index in [4.69, 9.17) is 10.5 Å². The molecule has 1 aromatic heterocycles. The van der Waals surface area contributed by atoms with Gasteiger partial charge in [0.05, 0.1) is 5.52 Å². The van der Waals surface area contributed by atoms with Crippen molar-refractivity contribution in [3.63, 3.8) is 0 Å². The Morgan fingerprint density at radius 3 is 2.57 bits per heavy atom. The predicted octanol–water partition coefficient (Wildman–Crippen LogP) is 1.72. The Kier molecular flexibility index (Phi) is 3.01. The summed E-state index contributed by atoms with van der Waals surface area (Å²) < 4.78 is 5.76. The molecule has 21 heavy (non-hydrogen) atoms. The van der Waals surface area contributed by atoms with Crippen LogP contribution in [0.25, 0.3) is 10.9 Å². The molecule has 1 aromatic carbocycles. The second-order valence-electron chi connectivity index (χ2n) is 5.14. The summed E-state index contributed by atoms with van der Waals surface area (Å²) in [6, 6.07) is 8.49. The van der Waals surface area contributed by atoms with Gasteiger partial charge >= 0.3 is 5.97 Å². The molecule has 2 aromatic rings. The maximum absolute atomic E-state index is 11.4. The Hall–Kier alpha value is -2.63. The minimum Gasteiger partial charge on any atom is -0.478 e. The van der Waals surface area contributed by atoms with Crippen LogP contribution in [0, 0.1) is 0 Å². The first kappa shape index (κ1) is 13.4. The topological polar surface area (TPSA) is 103 Å². The molecule has 3 N–H and O–H groups in total. The smallest absolute Gasteiger partial charge is 0.348 e. The fourth-order valence-corrected chi connectivity index (χ4v) is 2.42. The van der Waals surface area contributed by atoms with Gasteiger partial charge in [-0.05, 0) is 31.4 Å². The maximum Gasteiger partial charge on any atom is 0.348 e. The van der Waals surface area contributed by atoms with Gasteiger partial charge in [0.1, 0.15) is 11.4 Å². The highest BCUT2D eigenvalue weighted by atomic mass is 16.5. The van der Waals surface area contributed by atoms with Crippen LogP contribution in [-0.2, 0) is 4.79 Å². The summed E-state index contributed by atoms with van der Waals surface area (Å²) in [7, 11) is 0. The summed E-state index contributed by atoms with van der Waals surface area (Å²) in [6.45, 7) is 0. The molecule has 0 atom stereocenters. The van der Waals surface area contributed by atoms with Crippen molar-refractivity contribution in [3.8, 4) is 5.75 Å². The number of carboxylic acids is 1. The van der Waals surface area contributed by atoms with E-state index < -0.39 is 17.5 Å². The Morgan fingerprint density at radius 1 is 1.29 bits per heavy atom. The van der Waals surface area contributed by atoms with Crippen molar-refractivity contribution in [2.24, 2.45) is 5.73 Å². The highest BCUT2D eigenvalue weighted by Gasteiger charge is 2.47. The Balaban J connectivity index is 2.12. The molecule has 1 heterocycles. The van der Waals surface area contributed by atoms with E-state index in [1.54, 1.807) is 24.3 Å². The Labute approximate surface area is 120 Å². The number of nitrogens with two attached hydrogens (primary N) is 1. The molecular weight excluding hydrogens is 272 g/mol. The largest absolute Gasteiger partial charge is 0.478 e. The molecule has 6 nitrogen and oxygen atoms in total. The molecule has 1 aliphatic carbocycles. The van der Waals surface area contributed by atoms with E-state index in [0.717, 1.165) is 6.42 Å². The van der Waals surface area contributed by atoms with Crippen LogP contribution < -0.4 is 10.5 Å². The number of benzene rings is 1. The van der Waals surface area contributed by atoms with Crippen molar-refractivity contribution in [1.82, 2.24) is 4.98 Å². The van der Waals surface area contributed by atoms with Crippen molar-refractivity contribution >= 4 is 22.8 Å². The molecule has 1 aliphatic rings. The van der Waals surface area contributed by atoms with Crippen LogP contribution in [0.1, 0.15) is 29.8 Å². The molecule has 0 aliphatic heterocycles. The van der Waals surface area contributed by atoms with E-state index in [0.29, 0.717) is 29.5 Å². The van der Waals surface area contributed by atoms with E-state index in [1.807, 2.05) is 0 Å². The fourth-order valence-electron chi connectivity index (χ4n) is 2.42. The number of para-hydroxylation sites is 1. The van der Waals surface area contributed by atoms with Gasteiger partial charge in [-0.15, -0.1) is 0 Å². The lowest BCUT2D eigenvalue weighted by molar-refractivity contribution is -0.163. The number of ether oxygens (including phenoxy) is 1. The van der Waals surface area contributed by atoms with Gasteiger partial charge < -0.3 is 15.6 Å². The summed E-state index contributed by atoms with van der Waals surface area (Å²) in [4.78, 5) is 27.0. The SMILES string of the molecule is NC(=O)c1cc(OC2(C(=O)O)CCC2)c2ccccc2n1. The predicted molar refractivity (Wildman–Crippen MR) is 75.1 cm³/mol. The number of carboxylic acid groups (broad SMARTS) is 1. The number of carbonyl (C=O) groups is 2. The molecule has 1 saturated carbocycles. The normalized spacial score (nSPS) is 16.2. The molecule has 0 spiro atoms. The third-order valence-electron chi connectivity index (χ3n) is 3.79. The second kappa shape index (κ2) is 4.73. The van der Waals surface area contributed by atoms with Crippen molar-refractivity contribution in [2.75, 3.05) is 0 Å². The number of amides is 1. The van der Waals surface area contributed by atoms with E-state index >= 15 is 0 Å².